The van der Waals surface area contributed by atoms with Gasteiger partial charge in [0.1, 0.15) is 0 Å². The SMILES string of the molecule is Cc1cc(B2OC(C)(C)C(C)(C)O2)nn1C1CC2(C1)CN(C(=O)O)C2. The first kappa shape index (κ1) is 16.9. The Kier molecular flexibility index (Phi) is 3.39. The van der Waals surface area contributed by atoms with Gasteiger partial charge in [0.25, 0.3) is 0 Å². The Labute approximate surface area is 148 Å². The number of carboxylic acid groups (broad SMARTS) is 1. The van der Waals surface area contributed by atoms with Gasteiger partial charge in [0, 0.05) is 24.2 Å². The summed E-state index contributed by atoms with van der Waals surface area (Å²) in [5.74, 6) is 0. The van der Waals surface area contributed by atoms with Crippen molar-refractivity contribution < 1.29 is 19.2 Å². The minimum absolute atomic E-state index is 0.173. The van der Waals surface area contributed by atoms with Gasteiger partial charge in [0.2, 0.25) is 0 Å². The van der Waals surface area contributed by atoms with Crippen LogP contribution in [0.2, 0.25) is 0 Å². The second-order valence-corrected chi connectivity index (χ2v) is 8.94. The molecule has 136 valence electrons. The molecule has 25 heavy (non-hydrogen) atoms. The minimum Gasteiger partial charge on any atom is -0.465 e. The van der Waals surface area contributed by atoms with E-state index in [2.05, 4.69) is 11.6 Å². The van der Waals surface area contributed by atoms with Crippen LogP contribution in [0.5, 0.6) is 0 Å². The number of hydrogen-bond acceptors (Lipinski definition) is 4. The van der Waals surface area contributed by atoms with Gasteiger partial charge in [-0.3, -0.25) is 4.68 Å². The fourth-order valence-corrected chi connectivity index (χ4v) is 4.23. The summed E-state index contributed by atoms with van der Waals surface area (Å²) < 4.78 is 14.3. The number of aryl methyl sites for hydroxylation is 1. The predicted octanol–water partition coefficient (Wildman–Crippen LogP) is 1.81. The van der Waals surface area contributed by atoms with E-state index in [1.807, 2.05) is 33.8 Å². The van der Waals surface area contributed by atoms with Crippen molar-refractivity contribution in [1.82, 2.24) is 14.7 Å². The van der Waals surface area contributed by atoms with E-state index >= 15 is 0 Å². The summed E-state index contributed by atoms with van der Waals surface area (Å²) in [6.07, 6.45) is 1.16. The highest BCUT2D eigenvalue weighted by atomic mass is 16.7. The monoisotopic (exact) mass is 347 g/mol. The van der Waals surface area contributed by atoms with Crippen molar-refractivity contribution in [3.05, 3.63) is 11.8 Å². The van der Waals surface area contributed by atoms with Gasteiger partial charge in [-0.05, 0) is 53.5 Å². The number of aromatic nitrogens is 2. The highest BCUT2D eigenvalue weighted by Crippen LogP contribution is 2.54. The van der Waals surface area contributed by atoms with E-state index in [-0.39, 0.29) is 16.6 Å². The second kappa shape index (κ2) is 5.01. The van der Waals surface area contributed by atoms with Gasteiger partial charge in [-0.1, -0.05) is 0 Å². The van der Waals surface area contributed by atoms with Crippen molar-refractivity contribution in [3.63, 3.8) is 0 Å². The van der Waals surface area contributed by atoms with Crippen LogP contribution in [0.15, 0.2) is 6.07 Å². The number of rotatable bonds is 2. The lowest BCUT2D eigenvalue weighted by atomic mass is 9.61. The topological polar surface area (TPSA) is 76.8 Å². The second-order valence-electron chi connectivity index (χ2n) is 8.94. The molecule has 2 aliphatic heterocycles. The Balaban J connectivity index is 1.44. The molecule has 4 rings (SSSR count). The van der Waals surface area contributed by atoms with Crippen LogP contribution in [-0.4, -0.2) is 57.3 Å². The zero-order chi connectivity index (χ0) is 18.2. The van der Waals surface area contributed by atoms with E-state index in [1.165, 1.54) is 4.90 Å². The third-order valence-electron chi connectivity index (χ3n) is 6.44. The largest absolute Gasteiger partial charge is 0.516 e. The van der Waals surface area contributed by atoms with Crippen molar-refractivity contribution in [2.24, 2.45) is 5.41 Å². The Morgan fingerprint density at radius 3 is 2.32 bits per heavy atom. The summed E-state index contributed by atoms with van der Waals surface area (Å²) >= 11 is 0. The Hall–Kier alpha value is -1.54. The van der Waals surface area contributed by atoms with Crippen molar-refractivity contribution >= 4 is 18.8 Å². The molecule has 3 aliphatic rings. The third-order valence-corrected chi connectivity index (χ3v) is 6.44. The molecule has 1 spiro atoms. The van der Waals surface area contributed by atoms with Gasteiger partial charge in [-0.15, -0.1) is 0 Å². The fraction of sp³-hybridized carbons (Fsp3) is 0.765. The standard InChI is InChI=1S/C17H26BN3O4/c1-11-6-13(18-24-15(2,3)16(4,5)25-18)19-21(11)12-7-17(8-12)9-20(10-17)14(22)23/h6,12H,7-10H2,1-5H3,(H,22,23). The van der Waals surface area contributed by atoms with Crippen LogP contribution >= 0.6 is 0 Å². The molecule has 1 aromatic rings. The normalized spacial score (nSPS) is 26.6. The predicted molar refractivity (Wildman–Crippen MR) is 93.0 cm³/mol. The van der Waals surface area contributed by atoms with Gasteiger partial charge in [-0.2, -0.15) is 5.10 Å². The Morgan fingerprint density at radius 1 is 1.24 bits per heavy atom. The molecule has 0 bridgehead atoms. The highest BCUT2D eigenvalue weighted by molar-refractivity contribution is 6.61. The maximum atomic E-state index is 11.0. The lowest BCUT2D eigenvalue weighted by Gasteiger charge is -2.58. The quantitative estimate of drug-likeness (QED) is 0.826. The van der Waals surface area contributed by atoms with Crippen molar-refractivity contribution in [2.75, 3.05) is 13.1 Å². The lowest BCUT2D eigenvalue weighted by molar-refractivity contribution is -0.0775. The molecule has 0 atom stereocenters. The number of carbonyl (C=O) groups is 1. The molecule has 8 heteroatoms. The summed E-state index contributed by atoms with van der Waals surface area (Å²) in [6.45, 7) is 11.5. The summed E-state index contributed by atoms with van der Waals surface area (Å²) in [5.41, 5.74) is 1.34. The van der Waals surface area contributed by atoms with E-state index < -0.39 is 13.2 Å². The fourth-order valence-electron chi connectivity index (χ4n) is 4.23. The van der Waals surface area contributed by atoms with Gasteiger partial charge in [0.15, 0.2) is 0 Å². The number of hydrogen-bond donors (Lipinski definition) is 1. The van der Waals surface area contributed by atoms with E-state index in [0.717, 1.165) is 24.1 Å². The average Bonchev–Trinajstić information content (AvgIpc) is 2.85. The van der Waals surface area contributed by atoms with E-state index in [0.29, 0.717) is 19.1 Å². The molecule has 1 saturated carbocycles. The maximum Gasteiger partial charge on any atom is 0.516 e. The summed E-state index contributed by atoms with van der Waals surface area (Å²) in [7, 11) is -0.440. The molecular formula is C17H26BN3O4. The molecule has 0 unspecified atom stereocenters. The van der Waals surface area contributed by atoms with Gasteiger partial charge in [-0.25, -0.2) is 4.79 Å². The third kappa shape index (κ3) is 2.49. The van der Waals surface area contributed by atoms with Crippen LogP contribution in [0.4, 0.5) is 4.79 Å². The molecule has 3 fully saturated rings. The van der Waals surface area contributed by atoms with Crippen LogP contribution in [0.1, 0.15) is 52.3 Å². The van der Waals surface area contributed by atoms with Crippen LogP contribution in [0.3, 0.4) is 0 Å². The molecule has 2 saturated heterocycles. The van der Waals surface area contributed by atoms with E-state index in [1.54, 1.807) is 0 Å². The van der Waals surface area contributed by atoms with E-state index in [4.69, 9.17) is 19.5 Å². The van der Waals surface area contributed by atoms with Crippen molar-refractivity contribution in [1.29, 1.82) is 0 Å². The molecule has 3 heterocycles. The van der Waals surface area contributed by atoms with E-state index in [9.17, 15) is 4.79 Å². The molecule has 1 aliphatic carbocycles. The molecule has 1 amide bonds. The number of amides is 1. The Bertz CT molecular complexity index is 699. The highest BCUT2D eigenvalue weighted by Gasteiger charge is 2.56. The molecular weight excluding hydrogens is 321 g/mol. The molecule has 1 aromatic heterocycles. The first-order valence-electron chi connectivity index (χ1n) is 8.92. The molecule has 0 aromatic carbocycles. The van der Waals surface area contributed by atoms with Gasteiger partial charge >= 0.3 is 13.2 Å². The summed E-state index contributed by atoms with van der Waals surface area (Å²) in [5, 5.41) is 13.8. The molecule has 0 radical (unpaired) electrons. The zero-order valence-corrected chi connectivity index (χ0v) is 15.6. The van der Waals surface area contributed by atoms with Crippen LogP contribution < -0.4 is 5.59 Å². The summed E-state index contributed by atoms with van der Waals surface area (Å²) in [6, 6.07) is 2.38. The first-order valence-corrected chi connectivity index (χ1v) is 8.92. The lowest BCUT2D eigenvalue weighted by Crippen LogP contribution is -2.63. The Morgan fingerprint density at radius 2 is 1.80 bits per heavy atom. The first-order chi connectivity index (χ1) is 11.5. The van der Waals surface area contributed by atoms with Crippen LogP contribution in [0.25, 0.3) is 0 Å². The minimum atomic E-state index is -0.813. The van der Waals surface area contributed by atoms with Crippen LogP contribution in [-0.2, 0) is 9.31 Å². The smallest absolute Gasteiger partial charge is 0.465 e. The van der Waals surface area contributed by atoms with Crippen molar-refractivity contribution in [3.8, 4) is 0 Å². The van der Waals surface area contributed by atoms with Gasteiger partial charge < -0.3 is 19.3 Å². The molecule has 1 N–H and O–H groups in total. The summed E-state index contributed by atoms with van der Waals surface area (Å²) in [4.78, 5) is 12.4. The number of likely N-dealkylation sites (tertiary alicyclic amines) is 1. The zero-order valence-electron chi connectivity index (χ0n) is 15.6. The van der Waals surface area contributed by atoms with Gasteiger partial charge in [0.05, 0.1) is 22.8 Å². The molecule has 7 nitrogen and oxygen atoms in total. The maximum absolute atomic E-state index is 11.0. The average molecular weight is 347 g/mol. The van der Waals surface area contributed by atoms with Crippen molar-refractivity contribution in [2.45, 2.75) is 64.7 Å². The number of nitrogens with zero attached hydrogens (tertiary/aromatic N) is 3. The van der Waals surface area contributed by atoms with Crippen LogP contribution in [0, 0.1) is 12.3 Å².